The van der Waals surface area contributed by atoms with Crippen molar-refractivity contribution < 1.29 is 23.9 Å². The molecule has 0 unspecified atom stereocenters. The minimum atomic E-state index is -1.18. The van der Waals surface area contributed by atoms with Crippen LogP contribution in [0, 0.1) is 0 Å². The smallest absolute Gasteiger partial charge is 0.358 e. The maximum absolute atomic E-state index is 12.5. The summed E-state index contributed by atoms with van der Waals surface area (Å²) >= 11 is 0.893. The number of thioether (sulfide) groups is 1. The fourth-order valence-electron chi connectivity index (χ4n) is 2.40. The Morgan fingerprint density at radius 1 is 0.963 bits per heavy atom. The van der Waals surface area contributed by atoms with E-state index < -0.39 is 17.4 Å². The molecule has 0 bridgehead atoms. The van der Waals surface area contributed by atoms with Crippen molar-refractivity contribution in [3.8, 4) is 0 Å². The van der Waals surface area contributed by atoms with Gasteiger partial charge in [-0.15, -0.1) is 0 Å². The van der Waals surface area contributed by atoms with Crippen molar-refractivity contribution in [2.75, 3.05) is 12.9 Å². The lowest BCUT2D eigenvalue weighted by Gasteiger charge is -2.20. The minimum absolute atomic E-state index is 0.0663. The largest absolute Gasteiger partial charge is 0.466 e. The normalized spacial score (nSPS) is 11.5. The lowest BCUT2D eigenvalue weighted by Crippen LogP contribution is -2.33. The first-order valence-electron chi connectivity index (χ1n) is 8.27. The molecule has 0 saturated carbocycles. The summed E-state index contributed by atoms with van der Waals surface area (Å²) < 4.78 is 9.49. The Morgan fingerprint density at radius 2 is 1.48 bits per heavy atom. The Bertz CT molecular complexity index is 727. The molecule has 2 aromatic rings. The molecule has 0 heterocycles. The van der Waals surface area contributed by atoms with Gasteiger partial charge in [0.1, 0.15) is 0 Å². The number of amides is 1. The van der Waals surface area contributed by atoms with E-state index in [9.17, 15) is 14.4 Å². The van der Waals surface area contributed by atoms with Crippen LogP contribution in [0.15, 0.2) is 60.7 Å². The molecule has 1 atom stereocenters. The highest BCUT2D eigenvalue weighted by Crippen LogP contribution is 2.22. The molecular formula is C20H21NO5S. The van der Waals surface area contributed by atoms with E-state index in [1.807, 2.05) is 60.7 Å². The van der Waals surface area contributed by atoms with Crippen molar-refractivity contribution >= 4 is 29.6 Å². The van der Waals surface area contributed by atoms with E-state index >= 15 is 0 Å². The molecule has 2 rings (SSSR count). The molecule has 0 radical (unpaired) electrons. The molecular weight excluding hydrogens is 366 g/mol. The zero-order chi connectivity index (χ0) is 19.6. The molecule has 1 N–H and O–H groups in total. The van der Waals surface area contributed by atoms with E-state index in [0.29, 0.717) is 0 Å². The van der Waals surface area contributed by atoms with Crippen molar-refractivity contribution in [2.24, 2.45) is 0 Å². The van der Waals surface area contributed by atoms with Gasteiger partial charge in [-0.05, 0) is 11.1 Å². The van der Waals surface area contributed by atoms with Crippen LogP contribution in [0.5, 0.6) is 0 Å². The van der Waals surface area contributed by atoms with E-state index in [-0.39, 0.29) is 17.7 Å². The zero-order valence-electron chi connectivity index (χ0n) is 15.1. The Labute approximate surface area is 162 Å². The molecule has 142 valence electrons. The minimum Gasteiger partial charge on any atom is -0.466 e. The molecule has 6 nitrogen and oxygen atoms in total. The predicted molar refractivity (Wildman–Crippen MR) is 103 cm³/mol. The van der Waals surface area contributed by atoms with Crippen LogP contribution in [0.3, 0.4) is 0 Å². The molecule has 0 saturated heterocycles. The van der Waals surface area contributed by atoms with Gasteiger partial charge < -0.3 is 14.8 Å². The quantitative estimate of drug-likeness (QED) is 0.554. The molecule has 27 heavy (non-hydrogen) atoms. The van der Waals surface area contributed by atoms with Gasteiger partial charge >= 0.3 is 11.9 Å². The average molecular weight is 387 g/mol. The van der Waals surface area contributed by atoms with Crippen LogP contribution in [0.25, 0.3) is 0 Å². The van der Waals surface area contributed by atoms with Crippen LogP contribution in [0.1, 0.15) is 24.1 Å². The first-order valence-corrected chi connectivity index (χ1v) is 9.32. The summed E-state index contributed by atoms with van der Waals surface area (Å²) in [7, 11) is 1.19. The van der Waals surface area contributed by atoms with Gasteiger partial charge in [-0.25, -0.2) is 4.79 Å². The number of ether oxygens (including phenoxy) is 2. The highest BCUT2D eigenvalue weighted by Gasteiger charge is 2.25. The Balaban J connectivity index is 2.07. The number of esters is 2. The van der Waals surface area contributed by atoms with Crippen LogP contribution in [0.2, 0.25) is 0 Å². The Hall–Kier alpha value is -2.80. The van der Waals surface area contributed by atoms with E-state index in [0.717, 1.165) is 22.9 Å². The highest BCUT2D eigenvalue weighted by atomic mass is 32.2. The second kappa shape index (κ2) is 10.4. The Kier molecular flexibility index (Phi) is 7.88. The summed E-state index contributed by atoms with van der Waals surface area (Å²) in [6, 6.07) is 18.8. The highest BCUT2D eigenvalue weighted by molar-refractivity contribution is 8.01. The molecule has 0 spiro atoms. The second-order valence-electron chi connectivity index (χ2n) is 5.60. The summed E-state index contributed by atoms with van der Waals surface area (Å²) in [5.41, 5.74) is 0.697. The predicted octanol–water partition coefficient (Wildman–Crippen LogP) is 2.69. The molecule has 2 aromatic carbocycles. The van der Waals surface area contributed by atoms with E-state index in [1.54, 1.807) is 0 Å². The zero-order valence-corrected chi connectivity index (χ0v) is 15.9. The van der Waals surface area contributed by atoms with Crippen LogP contribution >= 0.6 is 11.8 Å². The standard InChI is InChI=1S/C20H21NO5S/c1-14(22)26-20(19(24)25-2)27-13-17(23)21-18(15-9-5-3-6-10-15)16-11-7-4-8-12-16/h3-12,18,20H,13H2,1-2H3,(H,21,23)/t20-/m1/s1. The number of nitrogens with one attached hydrogen (secondary N) is 1. The lowest BCUT2D eigenvalue weighted by atomic mass is 9.99. The van der Waals surface area contributed by atoms with Gasteiger partial charge in [0, 0.05) is 6.92 Å². The average Bonchev–Trinajstić information content (AvgIpc) is 2.69. The number of methoxy groups -OCH3 is 1. The molecule has 7 heteroatoms. The van der Waals surface area contributed by atoms with Crippen molar-refractivity contribution in [2.45, 2.75) is 18.4 Å². The van der Waals surface area contributed by atoms with Gasteiger partial charge in [0.05, 0.1) is 18.9 Å². The summed E-state index contributed by atoms with van der Waals surface area (Å²) in [4.78, 5) is 35.3. The van der Waals surface area contributed by atoms with Gasteiger partial charge in [-0.1, -0.05) is 72.4 Å². The molecule has 0 fully saturated rings. The van der Waals surface area contributed by atoms with Gasteiger partial charge in [0.25, 0.3) is 0 Å². The van der Waals surface area contributed by atoms with Crippen molar-refractivity contribution in [3.05, 3.63) is 71.8 Å². The van der Waals surface area contributed by atoms with Crippen molar-refractivity contribution in [1.82, 2.24) is 5.32 Å². The van der Waals surface area contributed by atoms with Crippen LogP contribution in [-0.2, 0) is 23.9 Å². The first kappa shape index (κ1) is 20.5. The number of carbonyl (C=O) groups excluding carboxylic acids is 3. The van der Waals surface area contributed by atoms with E-state index in [4.69, 9.17) is 4.74 Å². The maximum Gasteiger partial charge on any atom is 0.358 e. The number of hydrogen-bond donors (Lipinski definition) is 1. The van der Waals surface area contributed by atoms with Crippen LogP contribution in [0.4, 0.5) is 0 Å². The fraction of sp³-hybridized carbons (Fsp3) is 0.250. The SMILES string of the molecule is COC(=O)[C@H](OC(C)=O)SCC(=O)NC(c1ccccc1)c1ccccc1. The van der Waals surface area contributed by atoms with Gasteiger partial charge in [-0.2, -0.15) is 0 Å². The summed E-state index contributed by atoms with van der Waals surface area (Å²) in [6.45, 7) is 1.19. The second-order valence-corrected chi connectivity index (χ2v) is 6.65. The lowest BCUT2D eigenvalue weighted by molar-refractivity contribution is -0.158. The summed E-state index contributed by atoms with van der Waals surface area (Å²) in [6.07, 6.45) is 0. The van der Waals surface area contributed by atoms with Crippen molar-refractivity contribution in [1.29, 1.82) is 0 Å². The molecule has 0 aliphatic heterocycles. The monoisotopic (exact) mass is 387 g/mol. The van der Waals surface area contributed by atoms with Gasteiger partial charge in [-0.3, -0.25) is 9.59 Å². The number of rotatable bonds is 8. The van der Waals surface area contributed by atoms with Crippen LogP contribution in [-0.4, -0.2) is 36.1 Å². The molecule has 0 aliphatic rings. The third-order valence-corrected chi connectivity index (χ3v) is 4.62. The third kappa shape index (κ3) is 6.45. The number of hydrogen-bond acceptors (Lipinski definition) is 6. The van der Waals surface area contributed by atoms with E-state index in [1.165, 1.54) is 14.0 Å². The summed E-state index contributed by atoms with van der Waals surface area (Å²) in [5.74, 6) is -1.70. The topological polar surface area (TPSA) is 81.7 Å². The maximum atomic E-state index is 12.5. The van der Waals surface area contributed by atoms with Gasteiger partial charge in [0.2, 0.25) is 11.3 Å². The fourth-order valence-corrected chi connectivity index (χ4v) is 3.22. The third-order valence-electron chi connectivity index (χ3n) is 3.60. The Morgan fingerprint density at radius 3 is 1.93 bits per heavy atom. The number of carbonyl (C=O) groups is 3. The van der Waals surface area contributed by atoms with Gasteiger partial charge in [0.15, 0.2) is 0 Å². The van der Waals surface area contributed by atoms with E-state index in [2.05, 4.69) is 10.1 Å². The number of benzene rings is 2. The first-order chi connectivity index (χ1) is 13.0. The van der Waals surface area contributed by atoms with Crippen LogP contribution < -0.4 is 5.32 Å². The summed E-state index contributed by atoms with van der Waals surface area (Å²) in [5, 5.41) is 2.96. The molecule has 1 amide bonds. The molecule has 0 aromatic heterocycles. The molecule has 0 aliphatic carbocycles. The van der Waals surface area contributed by atoms with Crippen molar-refractivity contribution in [3.63, 3.8) is 0 Å².